The first-order valence-corrected chi connectivity index (χ1v) is 10.2. The van der Waals surface area contributed by atoms with E-state index < -0.39 is 17.2 Å². The molecular weight excluding hydrogens is 418 g/mol. The maximum absolute atomic E-state index is 13.4. The number of aromatic amines is 1. The molecule has 2 heterocycles. The van der Waals surface area contributed by atoms with E-state index in [1.54, 1.807) is 30.3 Å². The van der Waals surface area contributed by atoms with Crippen LogP contribution < -0.4 is 16.6 Å². The predicted molar refractivity (Wildman–Crippen MR) is 118 cm³/mol. The largest absolute Gasteiger partial charge is 0.383 e. The molecule has 3 aromatic rings. The van der Waals surface area contributed by atoms with E-state index in [1.807, 2.05) is 18.2 Å². The molecular formula is C23H18ClN3O4. The van der Waals surface area contributed by atoms with Crippen LogP contribution in [0.4, 0.5) is 5.82 Å². The maximum Gasteiger partial charge on any atom is 0.330 e. The zero-order valence-electron chi connectivity index (χ0n) is 16.6. The third kappa shape index (κ3) is 2.89. The minimum Gasteiger partial charge on any atom is -0.383 e. The molecule has 0 saturated carbocycles. The second kappa shape index (κ2) is 7.37. The molecule has 8 heteroatoms. The number of H-pyrrole nitrogens is 1. The summed E-state index contributed by atoms with van der Waals surface area (Å²) in [6.45, 7) is 0.507. The number of hydrogen-bond donors (Lipinski definition) is 2. The first kappa shape index (κ1) is 19.5. The van der Waals surface area contributed by atoms with Crippen LogP contribution in [0.3, 0.4) is 0 Å². The highest BCUT2D eigenvalue weighted by molar-refractivity contribution is 6.32. The summed E-state index contributed by atoms with van der Waals surface area (Å²) >= 11 is 6.53. The lowest BCUT2D eigenvalue weighted by Crippen LogP contribution is -2.39. The molecule has 0 saturated heterocycles. The first-order chi connectivity index (χ1) is 15.0. The van der Waals surface area contributed by atoms with Gasteiger partial charge in [0.05, 0.1) is 30.3 Å². The van der Waals surface area contributed by atoms with Gasteiger partial charge in [-0.3, -0.25) is 19.1 Å². The number of aromatic nitrogens is 2. The normalized spacial score (nSPS) is 16.6. The number of nitrogens with one attached hydrogen (secondary N) is 2. The number of Topliss-reactive ketones (excluding diaryl/α,β-unsaturated/α-hetero) is 1. The van der Waals surface area contributed by atoms with Gasteiger partial charge in [0.25, 0.3) is 5.56 Å². The van der Waals surface area contributed by atoms with Crippen LogP contribution in [0.1, 0.15) is 33.0 Å². The topological polar surface area (TPSA) is 93.2 Å². The lowest BCUT2D eigenvalue weighted by molar-refractivity contribution is 0.103. The second-order valence-electron chi connectivity index (χ2n) is 7.41. The predicted octanol–water partition coefficient (Wildman–Crippen LogP) is 3.00. The molecule has 1 aliphatic heterocycles. The van der Waals surface area contributed by atoms with Crippen LogP contribution in [0.15, 0.2) is 63.7 Å². The molecule has 2 aliphatic rings. The van der Waals surface area contributed by atoms with Crippen molar-refractivity contribution in [1.29, 1.82) is 0 Å². The monoisotopic (exact) mass is 435 g/mol. The van der Waals surface area contributed by atoms with E-state index in [0.717, 1.165) is 5.56 Å². The number of halogens is 1. The van der Waals surface area contributed by atoms with Crippen molar-refractivity contribution in [2.45, 2.75) is 12.5 Å². The molecule has 1 unspecified atom stereocenters. The average Bonchev–Trinajstić information content (AvgIpc) is 3.05. The summed E-state index contributed by atoms with van der Waals surface area (Å²) in [5, 5.41) is 3.66. The number of benzene rings is 2. The summed E-state index contributed by atoms with van der Waals surface area (Å²) < 4.78 is 6.58. The second-order valence-corrected chi connectivity index (χ2v) is 7.82. The molecule has 1 aromatic heterocycles. The molecule has 7 nitrogen and oxygen atoms in total. The van der Waals surface area contributed by atoms with Crippen molar-refractivity contribution in [3.8, 4) is 0 Å². The van der Waals surface area contributed by atoms with Gasteiger partial charge in [-0.2, -0.15) is 0 Å². The van der Waals surface area contributed by atoms with Crippen LogP contribution in [0.5, 0.6) is 0 Å². The van der Waals surface area contributed by atoms with Gasteiger partial charge in [-0.05, 0) is 11.6 Å². The number of methoxy groups -OCH3 is 1. The molecule has 31 heavy (non-hydrogen) atoms. The SMILES string of the molecule is COCCn1c2c(c(=O)[nH]c1=O)C(c1ccccc1Cl)C1=C(N2)c2ccccc2C1=O. The third-order valence-electron chi connectivity index (χ3n) is 5.75. The van der Waals surface area contributed by atoms with Crippen LogP contribution in [-0.4, -0.2) is 29.1 Å². The summed E-state index contributed by atoms with van der Waals surface area (Å²) in [4.78, 5) is 41.5. The van der Waals surface area contributed by atoms with Crippen molar-refractivity contribution in [2.75, 3.05) is 19.0 Å². The van der Waals surface area contributed by atoms with Crippen molar-refractivity contribution in [3.05, 3.63) is 102 Å². The number of carbonyl (C=O) groups excluding carboxylic acids is 1. The summed E-state index contributed by atoms with van der Waals surface area (Å²) in [5.74, 6) is -0.542. The Hall–Kier alpha value is -3.42. The average molecular weight is 436 g/mol. The van der Waals surface area contributed by atoms with Gasteiger partial charge in [0.15, 0.2) is 5.78 Å². The van der Waals surface area contributed by atoms with Crippen molar-refractivity contribution >= 4 is 28.9 Å². The fraction of sp³-hybridized carbons (Fsp3) is 0.174. The summed E-state index contributed by atoms with van der Waals surface area (Å²) in [6, 6.07) is 14.4. The Bertz CT molecular complexity index is 1390. The number of carbonyl (C=O) groups is 1. The molecule has 0 bridgehead atoms. The molecule has 1 aliphatic carbocycles. The molecule has 156 valence electrons. The van der Waals surface area contributed by atoms with E-state index in [2.05, 4.69) is 10.3 Å². The number of hydrogen-bond acceptors (Lipinski definition) is 5. The lowest BCUT2D eigenvalue weighted by Gasteiger charge is -2.30. The Labute approximate surface area is 181 Å². The lowest BCUT2D eigenvalue weighted by atomic mass is 9.81. The number of rotatable bonds is 4. The minimum atomic E-state index is -0.724. The summed E-state index contributed by atoms with van der Waals surface area (Å²) in [7, 11) is 1.54. The highest BCUT2D eigenvalue weighted by Gasteiger charge is 2.43. The van der Waals surface area contributed by atoms with Gasteiger partial charge in [-0.1, -0.05) is 54.1 Å². The van der Waals surface area contributed by atoms with Gasteiger partial charge in [-0.25, -0.2) is 4.79 Å². The highest BCUT2D eigenvalue weighted by atomic mass is 35.5. The van der Waals surface area contributed by atoms with Crippen LogP contribution in [0.2, 0.25) is 5.02 Å². The van der Waals surface area contributed by atoms with Crippen LogP contribution >= 0.6 is 11.6 Å². The van der Waals surface area contributed by atoms with Gasteiger partial charge in [-0.15, -0.1) is 0 Å². The van der Waals surface area contributed by atoms with Crippen molar-refractivity contribution in [2.24, 2.45) is 0 Å². The minimum absolute atomic E-state index is 0.164. The molecule has 5 rings (SSSR count). The van der Waals surface area contributed by atoms with Gasteiger partial charge in [0.1, 0.15) is 5.82 Å². The summed E-state index contributed by atoms with van der Waals surface area (Å²) in [6.07, 6.45) is 0. The van der Waals surface area contributed by atoms with Crippen LogP contribution in [0, 0.1) is 0 Å². The van der Waals surface area contributed by atoms with E-state index in [-0.39, 0.29) is 24.5 Å². The smallest absolute Gasteiger partial charge is 0.330 e. The van der Waals surface area contributed by atoms with Gasteiger partial charge < -0.3 is 10.1 Å². The third-order valence-corrected chi connectivity index (χ3v) is 6.09. The Kier molecular flexibility index (Phi) is 4.64. The van der Waals surface area contributed by atoms with E-state index in [4.69, 9.17) is 16.3 Å². The molecule has 0 amide bonds. The van der Waals surface area contributed by atoms with E-state index in [9.17, 15) is 14.4 Å². The van der Waals surface area contributed by atoms with Crippen LogP contribution in [0.25, 0.3) is 5.70 Å². The Morgan fingerprint density at radius 2 is 1.74 bits per heavy atom. The fourth-order valence-electron chi connectivity index (χ4n) is 4.38. The standard InChI is InChI=1S/C23H18ClN3O4/c1-31-11-10-27-21-18(22(29)26-23(27)30)16(14-8-4-5-9-15(14)24)17-19(25-21)12-6-2-3-7-13(12)20(17)28/h2-9,16,25H,10-11H2,1H3,(H,26,29,30). The number of anilines is 1. The zero-order chi connectivity index (χ0) is 21.7. The van der Waals surface area contributed by atoms with E-state index in [0.29, 0.717) is 33.2 Å². The molecule has 2 N–H and O–H groups in total. The Morgan fingerprint density at radius 1 is 1.03 bits per heavy atom. The van der Waals surface area contributed by atoms with Crippen molar-refractivity contribution in [1.82, 2.24) is 9.55 Å². The number of allylic oxidation sites excluding steroid dienone is 1. The van der Waals surface area contributed by atoms with Gasteiger partial charge in [0, 0.05) is 28.8 Å². The molecule has 0 spiro atoms. The Balaban J connectivity index is 1.85. The molecule has 0 fully saturated rings. The van der Waals surface area contributed by atoms with Crippen molar-refractivity contribution in [3.63, 3.8) is 0 Å². The number of nitrogens with zero attached hydrogens (tertiary/aromatic N) is 1. The molecule has 0 radical (unpaired) electrons. The van der Waals surface area contributed by atoms with Gasteiger partial charge >= 0.3 is 5.69 Å². The van der Waals surface area contributed by atoms with Crippen molar-refractivity contribution < 1.29 is 9.53 Å². The first-order valence-electron chi connectivity index (χ1n) is 9.78. The van der Waals surface area contributed by atoms with Gasteiger partial charge in [0.2, 0.25) is 0 Å². The quantitative estimate of drug-likeness (QED) is 0.657. The number of ketones is 1. The zero-order valence-corrected chi connectivity index (χ0v) is 17.3. The number of ether oxygens (including phenoxy) is 1. The maximum atomic E-state index is 13.4. The fourth-order valence-corrected chi connectivity index (χ4v) is 4.63. The molecule has 1 atom stereocenters. The van der Waals surface area contributed by atoms with E-state index in [1.165, 1.54) is 11.7 Å². The van der Waals surface area contributed by atoms with E-state index >= 15 is 0 Å². The van der Waals surface area contributed by atoms with Crippen LogP contribution in [-0.2, 0) is 11.3 Å². The highest BCUT2D eigenvalue weighted by Crippen LogP contribution is 2.48. The molecule has 2 aromatic carbocycles. The summed E-state index contributed by atoms with van der Waals surface area (Å²) in [5.41, 5.74) is 2.13. The number of fused-ring (bicyclic) bond motifs is 3. The Morgan fingerprint density at radius 3 is 2.48 bits per heavy atom.